The van der Waals surface area contributed by atoms with Crippen LogP contribution in [0.15, 0.2) is 71.9 Å². The maximum Gasteiger partial charge on any atom is 0.0862 e. The number of hydrogen-bond donors (Lipinski definition) is 3. The summed E-state index contributed by atoms with van der Waals surface area (Å²) < 4.78 is 0. The van der Waals surface area contributed by atoms with Crippen LogP contribution >= 0.6 is 0 Å². The Morgan fingerprint density at radius 2 is 1.96 bits per heavy atom. The fraction of sp³-hybridized carbons (Fsp3) is 0.400. The normalized spacial score (nSPS) is 35.9. The lowest BCUT2D eigenvalue weighted by Crippen LogP contribution is -2.68. The summed E-state index contributed by atoms with van der Waals surface area (Å²) in [5.74, 6) is 0.491. The van der Waals surface area contributed by atoms with Crippen molar-refractivity contribution >= 4 is 0 Å². The molecule has 3 heteroatoms. The van der Waals surface area contributed by atoms with Crippen LogP contribution in [0, 0.1) is 5.92 Å². The molecule has 3 nitrogen and oxygen atoms in total. The van der Waals surface area contributed by atoms with E-state index in [9.17, 15) is 0 Å². The molecule has 2 aliphatic carbocycles. The van der Waals surface area contributed by atoms with Gasteiger partial charge >= 0.3 is 0 Å². The SMILES string of the molecule is C/C=C\C(=C1\C=CC=CC1)C1NC(C)NC(C2C=CC=CC2)N1. The van der Waals surface area contributed by atoms with Gasteiger partial charge in [0.1, 0.15) is 0 Å². The quantitative estimate of drug-likeness (QED) is 0.749. The molecule has 3 aliphatic rings. The molecule has 122 valence electrons. The van der Waals surface area contributed by atoms with Gasteiger partial charge in [-0.1, -0.05) is 60.8 Å². The van der Waals surface area contributed by atoms with Crippen molar-refractivity contribution in [2.45, 2.75) is 45.2 Å². The Kier molecular flexibility index (Phi) is 5.44. The molecule has 0 aromatic rings. The maximum atomic E-state index is 3.76. The van der Waals surface area contributed by atoms with Gasteiger partial charge in [-0.15, -0.1) is 0 Å². The molecule has 0 spiro atoms. The number of hydrogen-bond acceptors (Lipinski definition) is 3. The third-order valence-corrected chi connectivity index (χ3v) is 4.54. The lowest BCUT2D eigenvalue weighted by atomic mass is 9.94. The molecule has 1 aliphatic heterocycles. The van der Waals surface area contributed by atoms with E-state index in [1.54, 1.807) is 0 Å². The molecule has 1 saturated heterocycles. The van der Waals surface area contributed by atoms with Crippen LogP contribution in [0.1, 0.15) is 26.7 Å². The van der Waals surface area contributed by atoms with E-state index in [1.807, 2.05) is 0 Å². The van der Waals surface area contributed by atoms with Gasteiger partial charge in [-0.3, -0.25) is 16.0 Å². The van der Waals surface area contributed by atoms with E-state index in [0.717, 1.165) is 12.8 Å². The van der Waals surface area contributed by atoms with E-state index in [4.69, 9.17) is 0 Å². The van der Waals surface area contributed by atoms with Crippen molar-refractivity contribution in [3.8, 4) is 0 Å². The average molecular weight is 309 g/mol. The zero-order valence-corrected chi connectivity index (χ0v) is 14.0. The van der Waals surface area contributed by atoms with Crippen molar-refractivity contribution in [1.29, 1.82) is 0 Å². The van der Waals surface area contributed by atoms with Crippen LogP contribution in [0.3, 0.4) is 0 Å². The van der Waals surface area contributed by atoms with Crippen LogP contribution in [0.4, 0.5) is 0 Å². The monoisotopic (exact) mass is 309 g/mol. The van der Waals surface area contributed by atoms with E-state index in [2.05, 4.69) is 90.6 Å². The second-order valence-electron chi connectivity index (χ2n) is 6.32. The summed E-state index contributed by atoms with van der Waals surface area (Å²) in [6, 6.07) is 0. The molecule has 4 unspecified atom stereocenters. The van der Waals surface area contributed by atoms with Gasteiger partial charge in [-0.05, 0) is 37.8 Å². The van der Waals surface area contributed by atoms with Gasteiger partial charge in [-0.2, -0.15) is 0 Å². The molecule has 3 N–H and O–H groups in total. The van der Waals surface area contributed by atoms with E-state index in [1.165, 1.54) is 11.1 Å². The van der Waals surface area contributed by atoms with E-state index < -0.39 is 0 Å². The Labute approximate surface area is 139 Å². The summed E-state index contributed by atoms with van der Waals surface area (Å²) in [5.41, 5.74) is 2.71. The van der Waals surface area contributed by atoms with Crippen LogP contribution in [0.25, 0.3) is 0 Å². The summed E-state index contributed by atoms with van der Waals surface area (Å²) in [6.45, 7) is 4.28. The van der Waals surface area contributed by atoms with Crippen LogP contribution in [-0.2, 0) is 0 Å². The zero-order valence-electron chi connectivity index (χ0n) is 14.0. The Hall–Kier alpha value is -1.68. The molecular weight excluding hydrogens is 282 g/mol. The first kappa shape index (κ1) is 16.2. The zero-order chi connectivity index (χ0) is 16.1. The standard InChI is InChI=1S/C20H27N3/c1-3-10-18(16-11-6-4-7-12-16)20-22-15(2)21-19(23-20)17-13-8-5-9-14-17/h3-11,13,15,17,19-23H,12,14H2,1-2H3/b10-3-,18-16+. The number of rotatable bonds is 3. The minimum Gasteiger partial charge on any atom is -0.286 e. The van der Waals surface area contributed by atoms with Crippen molar-refractivity contribution < 1.29 is 0 Å². The molecule has 0 aromatic carbocycles. The molecule has 4 atom stereocenters. The fourth-order valence-electron chi connectivity index (χ4n) is 3.41. The first-order valence-electron chi connectivity index (χ1n) is 8.58. The molecule has 0 aromatic heterocycles. The highest BCUT2D eigenvalue weighted by Gasteiger charge is 2.30. The second-order valence-corrected chi connectivity index (χ2v) is 6.32. The van der Waals surface area contributed by atoms with Gasteiger partial charge in [-0.25, -0.2) is 0 Å². The highest BCUT2D eigenvalue weighted by Crippen LogP contribution is 2.23. The maximum absolute atomic E-state index is 3.76. The van der Waals surface area contributed by atoms with Gasteiger partial charge in [0, 0.05) is 5.92 Å². The summed E-state index contributed by atoms with van der Waals surface area (Å²) in [5, 5.41) is 11.0. The molecule has 1 heterocycles. The minimum atomic E-state index is 0.165. The van der Waals surface area contributed by atoms with Gasteiger partial charge in [0.25, 0.3) is 0 Å². The molecule has 0 radical (unpaired) electrons. The Bertz CT molecular complexity index is 592. The summed E-state index contributed by atoms with van der Waals surface area (Å²) in [7, 11) is 0. The average Bonchev–Trinajstić information content (AvgIpc) is 2.60. The molecule has 3 rings (SSSR count). The lowest BCUT2D eigenvalue weighted by molar-refractivity contribution is 0.196. The van der Waals surface area contributed by atoms with Crippen LogP contribution in [0.5, 0.6) is 0 Å². The Balaban J connectivity index is 1.82. The van der Waals surface area contributed by atoms with Crippen LogP contribution < -0.4 is 16.0 Å². The molecule has 0 amide bonds. The van der Waals surface area contributed by atoms with Crippen molar-refractivity contribution in [3.05, 3.63) is 71.9 Å². The highest BCUT2D eigenvalue weighted by molar-refractivity contribution is 5.41. The van der Waals surface area contributed by atoms with E-state index in [-0.39, 0.29) is 18.5 Å². The number of allylic oxidation sites excluding steroid dienone is 9. The van der Waals surface area contributed by atoms with Crippen molar-refractivity contribution in [3.63, 3.8) is 0 Å². The van der Waals surface area contributed by atoms with Gasteiger partial charge in [0.05, 0.1) is 18.5 Å². The van der Waals surface area contributed by atoms with Crippen molar-refractivity contribution in [2.75, 3.05) is 0 Å². The van der Waals surface area contributed by atoms with Crippen LogP contribution in [-0.4, -0.2) is 18.5 Å². The van der Waals surface area contributed by atoms with E-state index >= 15 is 0 Å². The third kappa shape index (κ3) is 3.99. The van der Waals surface area contributed by atoms with E-state index in [0.29, 0.717) is 5.92 Å². The summed E-state index contributed by atoms with van der Waals surface area (Å²) in [6.07, 6.45) is 24.7. The molecule has 1 fully saturated rings. The second kappa shape index (κ2) is 7.73. The smallest absolute Gasteiger partial charge is 0.0862 e. The van der Waals surface area contributed by atoms with Gasteiger partial charge < -0.3 is 0 Å². The molecule has 23 heavy (non-hydrogen) atoms. The fourth-order valence-corrected chi connectivity index (χ4v) is 3.41. The van der Waals surface area contributed by atoms with Gasteiger partial charge in [0.2, 0.25) is 0 Å². The van der Waals surface area contributed by atoms with Crippen LogP contribution in [0.2, 0.25) is 0 Å². The summed E-state index contributed by atoms with van der Waals surface area (Å²) in [4.78, 5) is 0. The molecule has 0 saturated carbocycles. The summed E-state index contributed by atoms with van der Waals surface area (Å²) >= 11 is 0. The predicted octanol–water partition coefficient (Wildman–Crippen LogP) is 3.29. The topological polar surface area (TPSA) is 36.1 Å². The molecular formula is C20H27N3. The first-order valence-corrected chi connectivity index (χ1v) is 8.58. The predicted molar refractivity (Wildman–Crippen MR) is 97.6 cm³/mol. The Morgan fingerprint density at radius 1 is 1.09 bits per heavy atom. The highest BCUT2D eigenvalue weighted by atomic mass is 15.3. The number of nitrogens with one attached hydrogen (secondary N) is 3. The van der Waals surface area contributed by atoms with Crippen molar-refractivity contribution in [1.82, 2.24) is 16.0 Å². The minimum absolute atomic E-state index is 0.165. The van der Waals surface area contributed by atoms with Crippen molar-refractivity contribution in [2.24, 2.45) is 5.92 Å². The largest absolute Gasteiger partial charge is 0.286 e. The first-order chi connectivity index (χ1) is 11.3. The Morgan fingerprint density at radius 3 is 2.65 bits per heavy atom. The lowest BCUT2D eigenvalue weighted by Gasteiger charge is -2.41. The molecule has 0 bridgehead atoms. The third-order valence-electron chi connectivity index (χ3n) is 4.54. The van der Waals surface area contributed by atoms with Gasteiger partial charge in [0.15, 0.2) is 0 Å².